The molecule has 0 spiro atoms. The van der Waals surface area contributed by atoms with Crippen LogP contribution < -0.4 is 0 Å². The molecule has 0 aliphatic carbocycles. The molecule has 0 radical (unpaired) electrons. The Morgan fingerprint density at radius 3 is 2.14 bits per heavy atom. The maximum absolute atomic E-state index is 9.27. The minimum atomic E-state index is -2.85. The molecule has 0 aromatic heterocycles. The van der Waals surface area contributed by atoms with E-state index in [1.165, 1.54) is 0 Å². The molecule has 0 fully saturated rings. The second-order valence-electron chi connectivity index (χ2n) is 0.627. The maximum Gasteiger partial charge on any atom is 0.646 e. The van der Waals surface area contributed by atoms with E-state index >= 15 is 0 Å². The van der Waals surface area contributed by atoms with E-state index in [1.54, 1.807) is 0 Å². The summed E-state index contributed by atoms with van der Waals surface area (Å²) >= 11 is -2.85. The Morgan fingerprint density at radius 1 is 1.71 bits per heavy atom. The summed E-state index contributed by atoms with van der Waals surface area (Å²) in [5.74, 6) is 0. The molecule has 0 aliphatic rings. The van der Waals surface area contributed by atoms with Gasteiger partial charge in [0.2, 0.25) is 0 Å². The molecule has 0 saturated heterocycles. The molecule has 0 amide bonds. The summed E-state index contributed by atoms with van der Waals surface area (Å²) in [6, 6.07) is 0. The molecular weight excluding hydrogens is 123 g/mol. The summed E-state index contributed by atoms with van der Waals surface area (Å²) in [4.78, 5) is 0. The van der Waals surface area contributed by atoms with Crippen LogP contribution >= 0.6 is 0 Å². The smallest absolute Gasteiger partial charge is 0.646 e. The largest absolute Gasteiger partial charge is 0.751 e. The highest BCUT2D eigenvalue weighted by Gasteiger charge is 2.06. The van der Waals surface area contributed by atoms with Crippen molar-refractivity contribution in [1.82, 2.24) is 0 Å². The molecular formula is H2BO5S-. The summed E-state index contributed by atoms with van der Waals surface area (Å²) in [5.41, 5.74) is 0. The predicted molar refractivity (Wildman–Crippen MR) is 20.2 cm³/mol. The Labute approximate surface area is 42.6 Å². The van der Waals surface area contributed by atoms with E-state index in [9.17, 15) is 8.76 Å². The lowest BCUT2D eigenvalue weighted by Crippen LogP contribution is -2.17. The van der Waals surface area contributed by atoms with E-state index in [0.717, 1.165) is 0 Å². The molecule has 5 nitrogen and oxygen atoms in total. The second kappa shape index (κ2) is 3.11. The van der Waals surface area contributed by atoms with E-state index in [1.807, 2.05) is 0 Å². The molecule has 2 N–H and O–H groups in total. The third kappa shape index (κ3) is 6.05. The van der Waals surface area contributed by atoms with E-state index in [4.69, 9.17) is 10.0 Å². The quantitative estimate of drug-likeness (QED) is 0.321. The molecule has 42 valence electrons. The maximum atomic E-state index is 9.27. The first kappa shape index (κ1) is 7.05. The van der Waals surface area contributed by atoms with Crippen LogP contribution in [0.4, 0.5) is 0 Å². The van der Waals surface area contributed by atoms with Crippen LogP contribution in [0.15, 0.2) is 0 Å². The first-order valence-electron chi connectivity index (χ1n) is 1.25. The minimum Gasteiger partial charge on any atom is -0.751 e. The van der Waals surface area contributed by atoms with Crippen LogP contribution in [0.25, 0.3) is 0 Å². The third-order valence-corrected chi connectivity index (χ3v) is 0.494. The highest BCUT2D eigenvalue weighted by molar-refractivity contribution is 7.75. The Bertz CT molecular complexity index is 68.5. The first-order valence-corrected chi connectivity index (χ1v) is 2.25. The Hall–Kier alpha value is 0.0549. The van der Waals surface area contributed by atoms with Crippen molar-refractivity contribution in [2.45, 2.75) is 0 Å². The van der Waals surface area contributed by atoms with Crippen LogP contribution in [0.5, 0.6) is 0 Å². The molecule has 0 bridgehead atoms. The number of rotatable bonds is 2. The third-order valence-electron chi connectivity index (χ3n) is 0.165. The van der Waals surface area contributed by atoms with E-state index in [0.29, 0.717) is 0 Å². The van der Waals surface area contributed by atoms with Crippen molar-refractivity contribution in [3.8, 4) is 0 Å². The van der Waals surface area contributed by atoms with Crippen LogP contribution in [0, 0.1) is 0 Å². The van der Waals surface area contributed by atoms with Gasteiger partial charge in [0, 0.05) is 0 Å². The van der Waals surface area contributed by atoms with Gasteiger partial charge in [-0.15, -0.1) is 0 Å². The molecule has 0 aromatic rings. The van der Waals surface area contributed by atoms with E-state index in [2.05, 4.69) is 4.10 Å². The van der Waals surface area contributed by atoms with E-state index in [-0.39, 0.29) is 0 Å². The van der Waals surface area contributed by atoms with Gasteiger partial charge in [-0.2, -0.15) is 0 Å². The van der Waals surface area contributed by atoms with Crippen molar-refractivity contribution in [1.29, 1.82) is 0 Å². The van der Waals surface area contributed by atoms with Crippen LogP contribution in [0.2, 0.25) is 0 Å². The lowest BCUT2D eigenvalue weighted by Gasteiger charge is -2.01. The van der Waals surface area contributed by atoms with Crippen molar-refractivity contribution >= 4 is 18.7 Å². The summed E-state index contributed by atoms with van der Waals surface area (Å²) < 4.78 is 21.8. The van der Waals surface area contributed by atoms with Gasteiger partial charge in [0.1, 0.15) is 0 Å². The zero-order chi connectivity index (χ0) is 5.86. The Morgan fingerprint density at radius 2 is 2.14 bits per heavy atom. The molecule has 0 saturated carbocycles. The highest BCUT2D eigenvalue weighted by Crippen LogP contribution is 1.76. The first-order chi connectivity index (χ1) is 3.13. The molecule has 0 aromatic carbocycles. The molecule has 1 unspecified atom stereocenters. The van der Waals surface area contributed by atoms with Crippen LogP contribution in [-0.2, 0) is 15.5 Å². The zero-order valence-corrected chi connectivity index (χ0v) is 3.92. The molecule has 0 aliphatic heterocycles. The molecule has 1 atom stereocenters. The van der Waals surface area contributed by atoms with Crippen molar-refractivity contribution in [3.63, 3.8) is 0 Å². The van der Waals surface area contributed by atoms with Gasteiger partial charge in [0.05, 0.1) is 11.4 Å². The highest BCUT2D eigenvalue weighted by atomic mass is 32.2. The monoisotopic (exact) mass is 125 g/mol. The fraction of sp³-hybridized carbons (Fsp3) is 0. The average molecular weight is 125 g/mol. The lowest BCUT2D eigenvalue weighted by molar-refractivity contribution is 0.283. The summed E-state index contributed by atoms with van der Waals surface area (Å²) in [6.45, 7) is 0. The van der Waals surface area contributed by atoms with Gasteiger partial charge in [-0.05, 0) is 0 Å². The van der Waals surface area contributed by atoms with Crippen LogP contribution in [-0.4, -0.2) is 26.1 Å². The van der Waals surface area contributed by atoms with Crippen molar-refractivity contribution in [3.05, 3.63) is 0 Å². The standard InChI is InChI=1S/BH3O5S/c2-1(3)6-7(4)5/h2-3H,(H,4,5)/p-1. The van der Waals surface area contributed by atoms with Crippen molar-refractivity contribution in [2.24, 2.45) is 0 Å². The fourth-order valence-corrected chi connectivity index (χ4v) is 0.211. The fourth-order valence-electron chi connectivity index (χ4n) is 0.0703. The van der Waals surface area contributed by atoms with Gasteiger partial charge in [-0.25, -0.2) is 4.21 Å². The van der Waals surface area contributed by atoms with E-state index < -0.39 is 18.7 Å². The summed E-state index contributed by atoms with van der Waals surface area (Å²) in [5, 5.41) is 15.3. The minimum absolute atomic E-state index is 2.24. The topological polar surface area (TPSA) is 89.8 Å². The molecule has 0 rings (SSSR count). The average Bonchev–Trinajstić information content (AvgIpc) is 1.27. The van der Waals surface area contributed by atoms with Crippen molar-refractivity contribution in [2.75, 3.05) is 0 Å². The van der Waals surface area contributed by atoms with Gasteiger partial charge in [-0.1, -0.05) is 0 Å². The Balaban J connectivity index is 3.13. The molecule has 0 heterocycles. The van der Waals surface area contributed by atoms with Crippen molar-refractivity contribution < 1.29 is 22.9 Å². The van der Waals surface area contributed by atoms with Gasteiger partial charge < -0.3 is 18.7 Å². The Kier molecular flexibility index (Phi) is 3.13. The van der Waals surface area contributed by atoms with Gasteiger partial charge >= 0.3 is 7.32 Å². The molecule has 7 heteroatoms. The van der Waals surface area contributed by atoms with Crippen LogP contribution in [0.1, 0.15) is 0 Å². The second-order valence-corrected chi connectivity index (χ2v) is 1.23. The zero-order valence-electron chi connectivity index (χ0n) is 3.10. The number of hydrogen-bond donors (Lipinski definition) is 2. The number of hydrogen-bond acceptors (Lipinski definition) is 5. The van der Waals surface area contributed by atoms with Gasteiger partial charge in [0.25, 0.3) is 0 Å². The normalized spacial score (nSPS) is 13.6. The van der Waals surface area contributed by atoms with Crippen LogP contribution in [0.3, 0.4) is 0 Å². The summed E-state index contributed by atoms with van der Waals surface area (Å²) in [6.07, 6.45) is 0. The molecule has 7 heavy (non-hydrogen) atoms. The summed E-state index contributed by atoms with van der Waals surface area (Å²) in [7, 11) is -2.24. The predicted octanol–water partition coefficient (Wildman–Crippen LogP) is -2.23. The lowest BCUT2D eigenvalue weighted by atomic mass is 10.3. The van der Waals surface area contributed by atoms with Gasteiger partial charge in [0.15, 0.2) is 0 Å². The SMILES string of the molecule is O=S([O-])OB(O)O. The van der Waals surface area contributed by atoms with Gasteiger partial charge in [-0.3, -0.25) is 0 Å².